The molecule has 0 aliphatic heterocycles. The van der Waals surface area contributed by atoms with Crippen molar-refractivity contribution in [2.75, 3.05) is 12.3 Å². The van der Waals surface area contributed by atoms with Crippen LogP contribution < -0.4 is 5.73 Å². The van der Waals surface area contributed by atoms with Crippen molar-refractivity contribution < 1.29 is 9.53 Å². The van der Waals surface area contributed by atoms with E-state index in [9.17, 15) is 4.79 Å². The van der Waals surface area contributed by atoms with Crippen LogP contribution in [0.3, 0.4) is 0 Å². The number of nitrogens with two attached hydrogens (primary N) is 1. The van der Waals surface area contributed by atoms with Crippen molar-refractivity contribution in [2.45, 2.75) is 6.92 Å². The topological polar surface area (TPSA) is 70.1 Å². The van der Waals surface area contributed by atoms with Crippen LogP contribution in [0.25, 0.3) is 5.69 Å². The molecule has 0 amide bonds. The third-order valence-corrected chi connectivity index (χ3v) is 2.21. The molecule has 1 heterocycles. The first-order valence-electron chi connectivity index (χ1n) is 5.29. The first-order chi connectivity index (χ1) is 8.20. The third-order valence-electron chi connectivity index (χ3n) is 2.21. The van der Waals surface area contributed by atoms with Crippen LogP contribution in [0.15, 0.2) is 36.5 Å². The van der Waals surface area contributed by atoms with Crippen LogP contribution in [0.5, 0.6) is 0 Å². The minimum atomic E-state index is -0.421. The molecule has 0 spiro atoms. The van der Waals surface area contributed by atoms with Crippen molar-refractivity contribution in [3.05, 3.63) is 42.2 Å². The number of hydrogen-bond acceptors (Lipinski definition) is 4. The lowest BCUT2D eigenvalue weighted by molar-refractivity contribution is 0.0519. The number of ether oxygens (including phenoxy) is 1. The van der Waals surface area contributed by atoms with Crippen molar-refractivity contribution in [2.24, 2.45) is 0 Å². The van der Waals surface area contributed by atoms with Crippen LogP contribution in [0.2, 0.25) is 0 Å². The van der Waals surface area contributed by atoms with Gasteiger partial charge in [0.2, 0.25) is 0 Å². The van der Waals surface area contributed by atoms with Gasteiger partial charge in [0.25, 0.3) is 0 Å². The summed E-state index contributed by atoms with van der Waals surface area (Å²) < 4.78 is 6.45. The fraction of sp³-hybridized carbons (Fsp3) is 0.167. The molecular weight excluding hydrogens is 218 g/mol. The van der Waals surface area contributed by atoms with Crippen LogP contribution in [-0.2, 0) is 4.74 Å². The fourth-order valence-electron chi connectivity index (χ4n) is 1.45. The Kier molecular flexibility index (Phi) is 3.09. The zero-order chi connectivity index (χ0) is 12.3. The summed E-state index contributed by atoms with van der Waals surface area (Å²) in [5.41, 5.74) is 7.42. The number of esters is 1. The van der Waals surface area contributed by atoms with Gasteiger partial charge in [0, 0.05) is 11.9 Å². The van der Waals surface area contributed by atoms with Gasteiger partial charge in [0.15, 0.2) is 5.69 Å². The highest BCUT2D eigenvalue weighted by molar-refractivity contribution is 5.87. The molecular formula is C12H13N3O2. The summed E-state index contributed by atoms with van der Waals surface area (Å²) >= 11 is 0. The lowest BCUT2D eigenvalue weighted by Crippen LogP contribution is -2.06. The number of benzene rings is 1. The summed E-state index contributed by atoms with van der Waals surface area (Å²) in [5.74, 6) is -0.421. The van der Waals surface area contributed by atoms with Gasteiger partial charge in [-0.15, -0.1) is 0 Å². The fourth-order valence-corrected chi connectivity index (χ4v) is 1.45. The number of nitrogens with zero attached hydrogens (tertiary/aromatic N) is 2. The molecule has 1 aromatic carbocycles. The Labute approximate surface area is 98.8 Å². The molecule has 0 unspecified atom stereocenters. The van der Waals surface area contributed by atoms with Gasteiger partial charge in [0.05, 0.1) is 12.3 Å². The summed E-state index contributed by atoms with van der Waals surface area (Å²) in [5, 5.41) is 4.13. The lowest BCUT2D eigenvalue weighted by atomic mass is 10.3. The van der Waals surface area contributed by atoms with Crippen LogP contribution in [-0.4, -0.2) is 22.4 Å². The van der Waals surface area contributed by atoms with E-state index in [0.29, 0.717) is 12.3 Å². The van der Waals surface area contributed by atoms with Crippen LogP contribution in [0, 0.1) is 0 Å². The Hall–Kier alpha value is -2.30. The molecule has 0 aliphatic carbocycles. The summed E-state index contributed by atoms with van der Waals surface area (Å²) in [6, 6.07) is 8.87. The Morgan fingerprint density at radius 1 is 1.47 bits per heavy atom. The number of hydrogen-bond donors (Lipinski definition) is 1. The van der Waals surface area contributed by atoms with E-state index in [1.807, 2.05) is 12.1 Å². The van der Waals surface area contributed by atoms with Crippen LogP contribution in [0.4, 0.5) is 5.69 Å². The van der Waals surface area contributed by atoms with E-state index in [2.05, 4.69) is 5.10 Å². The molecule has 1 aromatic heterocycles. The summed E-state index contributed by atoms with van der Waals surface area (Å²) in [7, 11) is 0. The summed E-state index contributed by atoms with van der Waals surface area (Å²) in [6.07, 6.45) is 1.70. The second kappa shape index (κ2) is 4.69. The second-order valence-corrected chi connectivity index (χ2v) is 3.46. The SMILES string of the molecule is CCOC(=O)c1ccn(-c2cccc(N)c2)n1. The van der Waals surface area contributed by atoms with Gasteiger partial charge in [-0.25, -0.2) is 9.48 Å². The number of aromatic nitrogens is 2. The van der Waals surface area contributed by atoms with Crippen LogP contribution in [0.1, 0.15) is 17.4 Å². The lowest BCUT2D eigenvalue weighted by Gasteiger charge is -2.02. The Morgan fingerprint density at radius 2 is 2.29 bits per heavy atom. The standard InChI is InChI=1S/C12H13N3O2/c1-2-17-12(16)11-6-7-15(14-11)10-5-3-4-9(13)8-10/h3-8H,2,13H2,1H3. The number of nitrogen functional groups attached to an aromatic ring is 1. The van der Waals surface area contributed by atoms with E-state index in [-0.39, 0.29) is 5.69 Å². The quantitative estimate of drug-likeness (QED) is 0.643. The molecule has 0 fully saturated rings. The predicted octanol–water partition coefficient (Wildman–Crippen LogP) is 1.63. The largest absolute Gasteiger partial charge is 0.461 e. The normalized spacial score (nSPS) is 10.2. The third kappa shape index (κ3) is 2.44. The van der Waals surface area contributed by atoms with Gasteiger partial charge < -0.3 is 10.5 Å². The molecule has 17 heavy (non-hydrogen) atoms. The van der Waals surface area contributed by atoms with Gasteiger partial charge in [0.1, 0.15) is 0 Å². The van der Waals surface area contributed by atoms with E-state index in [0.717, 1.165) is 5.69 Å². The summed E-state index contributed by atoms with van der Waals surface area (Å²) in [6.45, 7) is 2.09. The molecule has 0 atom stereocenters. The van der Waals surface area contributed by atoms with Gasteiger partial charge in [-0.05, 0) is 31.2 Å². The van der Waals surface area contributed by atoms with Crippen LogP contribution >= 0.6 is 0 Å². The highest BCUT2D eigenvalue weighted by Crippen LogP contribution is 2.11. The molecule has 0 aliphatic rings. The molecule has 0 bridgehead atoms. The minimum absolute atomic E-state index is 0.286. The van der Waals surface area contributed by atoms with Crippen molar-refractivity contribution in [3.8, 4) is 5.69 Å². The van der Waals surface area contributed by atoms with Gasteiger partial charge >= 0.3 is 5.97 Å². The molecule has 5 heteroatoms. The molecule has 5 nitrogen and oxygen atoms in total. The van der Waals surface area contributed by atoms with E-state index in [1.54, 1.807) is 36.0 Å². The molecule has 2 aromatic rings. The van der Waals surface area contributed by atoms with Gasteiger partial charge in [-0.3, -0.25) is 0 Å². The van der Waals surface area contributed by atoms with Crippen molar-refractivity contribution in [1.29, 1.82) is 0 Å². The zero-order valence-electron chi connectivity index (χ0n) is 9.46. The smallest absolute Gasteiger partial charge is 0.358 e. The number of carbonyl (C=O) groups is 1. The number of rotatable bonds is 3. The maximum absolute atomic E-state index is 11.4. The maximum Gasteiger partial charge on any atom is 0.358 e. The minimum Gasteiger partial charge on any atom is -0.461 e. The maximum atomic E-state index is 11.4. The predicted molar refractivity (Wildman–Crippen MR) is 63.9 cm³/mol. The highest BCUT2D eigenvalue weighted by Gasteiger charge is 2.10. The first-order valence-corrected chi connectivity index (χ1v) is 5.29. The Morgan fingerprint density at radius 3 is 3.00 bits per heavy atom. The molecule has 0 saturated heterocycles. The molecule has 2 rings (SSSR count). The number of anilines is 1. The molecule has 2 N–H and O–H groups in total. The molecule has 0 radical (unpaired) electrons. The van der Waals surface area contributed by atoms with E-state index in [1.165, 1.54) is 0 Å². The molecule has 0 saturated carbocycles. The highest BCUT2D eigenvalue weighted by atomic mass is 16.5. The summed E-state index contributed by atoms with van der Waals surface area (Å²) in [4.78, 5) is 11.4. The monoisotopic (exact) mass is 231 g/mol. The second-order valence-electron chi connectivity index (χ2n) is 3.46. The van der Waals surface area contributed by atoms with Gasteiger partial charge in [-0.1, -0.05) is 6.07 Å². The number of carbonyl (C=O) groups excluding carboxylic acids is 1. The molecule has 88 valence electrons. The average Bonchev–Trinajstić information content (AvgIpc) is 2.78. The zero-order valence-corrected chi connectivity index (χ0v) is 9.46. The van der Waals surface area contributed by atoms with E-state index < -0.39 is 5.97 Å². The van der Waals surface area contributed by atoms with E-state index in [4.69, 9.17) is 10.5 Å². The first kappa shape index (κ1) is 11.2. The van der Waals surface area contributed by atoms with Crippen molar-refractivity contribution in [1.82, 2.24) is 9.78 Å². The Bertz CT molecular complexity index is 534. The van der Waals surface area contributed by atoms with E-state index >= 15 is 0 Å². The van der Waals surface area contributed by atoms with Crippen molar-refractivity contribution in [3.63, 3.8) is 0 Å². The Balaban J connectivity index is 2.27. The van der Waals surface area contributed by atoms with Gasteiger partial charge in [-0.2, -0.15) is 5.10 Å². The van der Waals surface area contributed by atoms with Crippen molar-refractivity contribution >= 4 is 11.7 Å². The average molecular weight is 231 g/mol.